The van der Waals surface area contributed by atoms with Crippen molar-refractivity contribution in [3.8, 4) is 0 Å². The first-order valence-corrected chi connectivity index (χ1v) is 14.7. The highest BCUT2D eigenvalue weighted by Gasteiger charge is 2.38. The number of thioether (sulfide) groups is 1. The smallest absolute Gasteiger partial charge is 0.408 e. The summed E-state index contributed by atoms with van der Waals surface area (Å²) >= 11 is 1.47. The van der Waals surface area contributed by atoms with Crippen molar-refractivity contribution in [1.82, 2.24) is 5.32 Å². The molecule has 0 radical (unpaired) electrons. The van der Waals surface area contributed by atoms with Crippen LogP contribution in [-0.2, 0) is 14.3 Å². The number of rotatable bonds is 11. The number of amides is 1. The lowest BCUT2D eigenvalue weighted by Crippen LogP contribution is -2.44. The third-order valence-electron chi connectivity index (χ3n) is 7.03. The second kappa shape index (κ2) is 13.7. The number of carbonyl (C=O) groups is 2. The molecule has 42 heavy (non-hydrogen) atoms. The molecule has 0 heterocycles. The van der Waals surface area contributed by atoms with E-state index in [2.05, 4.69) is 41.7 Å². The van der Waals surface area contributed by atoms with Gasteiger partial charge in [0.05, 0.1) is 4.75 Å². The number of carboxylic acid groups (broad SMARTS) is 1. The van der Waals surface area contributed by atoms with Gasteiger partial charge in [0.2, 0.25) is 0 Å². The lowest BCUT2D eigenvalue weighted by atomic mass is 9.84. The average Bonchev–Trinajstić information content (AvgIpc) is 3.05. The molecule has 2 N–H and O–H groups in total. The molecule has 5 aromatic rings. The first-order chi connectivity index (χ1) is 20.6. The summed E-state index contributed by atoms with van der Waals surface area (Å²) in [5.41, 5.74) is 4.60. The maximum absolute atomic E-state index is 13.2. The normalized spacial score (nSPS) is 11.9. The Bertz CT molecular complexity index is 1430. The van der Waals surface area contributed by atoms with Gasteiger partial charge in [-0.3, -0.25) is 0 Å². The molecule has 1 amide bonds. The quantitative estimate of drug-likeness (QED) is 0.159. The molecule has 0 saturated heterocycles. The maximum atomic E-state index is 13.2. The maximum Gasteiger partial charge on any atom is 0.408 e. The first-order valence-electron chi connectivity index (χ1n) is 13.7. The Kier molecular flexibility index (Phi) is 9.37. The van der Waals surface area contributed by atoms with E-state index in [1.165, 1.54) is 11.8 Å². The molecule has 6 heteroatoms. The zero-order chi connectivity index (χ0) is 29.2. The Morgan fingerprint density at radius 2 is 0.976 bits per heavy atom. The standard InChI is InChI=1S/C36H31NO4S/c38-34(39)32(37-35(40)41-33(27-16-6-1-7-17-27)28-18-8-2-9-19-28)26-42-36(29-20-10-3-11-21-29,30-22-12-4-13-23-30)31-24-14-5-15-25-31/h1-25,32-33H,26H2,(H,37,40)(H,38,39)/t32-/m1/s1. The van der Waals surface area contributed by atoms with E-state index in [9.17, 15) is 14.7 Å². The number of carbonyl (C=O) groups excluding carboxylic acids is 1. The number of alkyl carbamates (subject to hydrolysis) is 1. The second-order valence-electron chi connectivity index (χ2n) is 9.73. The van der Waals surface area contributed by atoms with Crippen LogP contribution < -0.4 is 5.32 Å². The van der Waals surface area contributed by atoms with E-state index in [4.69, 9.17) is 4.74 Å². The number of hydrogen-bond acceptors (Lipinski definition) is 4. The molecule has 0 aliphatic heterocycles. The van der Waals surface area contributed by atoms with Gasteiger partial charge in [-0.1, -0.05) is 152 Å². The van der Waals surface area contributed by atoms with Crippen LogP contribution >= 0.6 is 11.8 Å². The largest absolute Gasteiger partial charge is 0.480 e. The summed E-state index contributed by atoms with van der Waals surface area (Å²) in [7, 11) is 0. The van der Waals surface area contributed by atoms with E-state index in [0.29, 0.717) is 0 Å². The highest BCUT2D eigenvalue weighted by atomic mass is 32.2. The summed E-state index contributed by atoms with van der Waals surface area (Å²) in [6.07, 6.45) is -1.49. The number of nitrogens with one attached hydrogen (secondary N) is 1. The van der Waals surface area contributed by atoms with Crippen LogP contribution in [0.1, 0.15) is 33.9 Å². The summed E-state index contributed by atoms with van der Waals surface area (Å²) in [6, 6.07) is 47.7. The van der Waals surface area contributed by atoms with Gasteiger partial charge >= 0.3 is 12.1 Å². The van der Waals surface area contributed by atoms with E-state index in [1.54, 1.807) is 0 Å². The summed E-state index contributed by atoms with van der Waals surface area (Å²) < 4.78 is 5.14. The predicted molar refractivity (Wildman–Crippen MR) is 167 cm³/mol. The van der Waals surface area contributed by atoms with Gasteiger partial charge in [0.1, 0.15) is 6.04 Å². The molecular formula is C36H31NO4S. The number of benzene rings is 5. The van der Waals surface area contributed by atoms with E-state index in [-0.39, 0.29) is 5.75 Å². The van der Waals surface area contributed by atoms with Gasteiger partial charge in [-0.15, -0.1) is 11.8 Å². The number of aliphatic carboxylic acids is 1. The molecule has 0 unspecified atom stereocenters. The van der Waals surface area contributed by atoms with E-state index in [1.807, 2.05) is 115 Å². The van der Waals surface area contributed by atoms with Crippen molar-refractivity contribution < 1.29 is 19.4 Å². The molecule has 5 rings (SSSR count). The molecule has 210 valence electrons. The van der Waals surface area contributed by atoms with Gasteiger partial charge in [0.25, 0.3) is 0 Å². The Hall–Kier alpha value is -4.81. The lowest BCUT2D eigenvalue weighted by molar-refractivity contribution is -0.138. The summed E-state index contributed by atoms with van der Waals surface area (Å²) in [4.78, 5) is 25.7. The Balaban J connectivity index is 1.44. The molecule has 1 atom stereocenters. The predicted octanol–water partition coefficient (Wildman–Crippen LogP) is 7.68. The van der Waals surface area contributed by atoms with Gasteiger partial charge in [0, 0.05) is 5.75 Å². The molecule has 0 fully saturated rings. The van der Waals surface area contributed by atoms with Crippen molar-refractivity contribution in [2.45, 2.75) is 16.9 Å². The molecule has 5 nitrogen and oxygen atoms in total. The topological polar surface area (TPSA) is 75.6 Å². The minimum absolute atomic E-state index is 0.0878. The zero-order valence-electron chi connectivity index (χ0n) is 22.9. The van der Waals surface area contributed by atoms with Crippen LogP contribution in [0.5, 0.6) is 0 Å². The minimum Gasteiger partial charge on any atom is -0.480 e. The molecular weight excluding hydrogens is 542 g/mol. The minimum atomic E-state index is -1.20. The summed E-state index contributed by atoms with van der Waals surface area (Å²) in [5, 5.41) is 12.8. The average molecular weight is 574 g/mol. The third-order valence-corrected chi connectivity index (χ3v) is 8.67. The van der Waals surface area contributed by atoms with Crippen LogP contribution in [0, 0.1) is 0 Å². The highest BCUT2D eigenvalue weighted by molar-refractivity contribution is 8.00. The Labute approximate surface area is 250 Å². The zero-order valence-corrected chi connectivity index (χ0v) is 23.7. The molecule has 5 aromatic carbocycles. The molecule has 0 spiro atoms. The Morgan fingerprint density at radius 1 is 0.619 bits per heavy atom. The van der Waals surface area contributed by atoms with Crippen LogP contribution in [0.25, 0.3) is 0 Å². The van der Waals surface area contributed by atoms with Crippen molar-refractivity contribution in [2.24, 2.45) is 0 Å². The summed E-state index contributed by atoms with van der Waals surface area (Å²) in [5.74, 6) is -1.05. The third kappa shape index (κ3) is 6.56. The lowest BCUT2D eigenvalue weighted by Gasteiger charge is -2.36. The fraction of sp³-hybridized carbons (Fsp3) is 0.111. The van der Waals surface area contributed by atoms with Gasteiger partial charge in [-0.05, 0) is 27.8 Å². The molecule has 0 bridgehead atoms. The number of ether oxygens (including phenoxy) is 1. The van der Waals surface area contributed by atoms with E-state index < -0.39 is 29.0 Å². The summed E-state index contributed by atoms with van der Waals surface area (Å²) in [6.45, 7) is 0. The SMILES string of the molecule is O=C(N[C@H](CSC(c1ccccc1)(c1ccccc1)c1ccccc1)C(=O)O)OC(c1ccccc1)c1ccccc1. The fourth-order valence-electron chi connectivity index (χ4n) is 5.02. The number of carboxylic acids is 1. The second-order valence-corrected chi connectivity index (χ2v) is 11.0. The molecule has 0 aromatic heterocycles. The van der Waals surface area contributed by atoms with Crippen LogP contribution in [0.3, 0.4) is 0 Å². The monoisotopic (exact) mass is 573 g/mol. The van der Waals surface area contributed by atoms with Crippen molar-refractivity contribution in [2.75, 3.05) is 5.75 Å². The van der Waals surface area contributed by atoms with Gasteiger partial charge in [-0.25, -0.2) is 9.59 Å². The van der Waals surface area contributed by atoms with E-state index >= 15 is 0 Å². The highest BCUT2D eigenvalue weighted by Crippen LogP contribution is 2.48. The van der Waals surface area contributed by atoms with Gasteiger partial charge in [0.15, 0.2) is 6.10 Å². The fourth-order valence-corrected chi connectivity index (χ4v) is 6.57. The molecule has 0 aliphatic carbocycles. The molecule has 0 aliphatic rings. The molecule has 0 saturated carbocycles. The van der Waals surface area contributed by atoms with Gasteiger partial charge in [-0.2, -0.15) is 0 Å². The van der Waals surface area contributed by atoms with Crippen LogP contribution in [0.4, 0.5) is 4.79 Å². The van der Waals surface area contributed by atoms with Gasteiger partial charge < -0.3 is 15.2 Å². The van der Waals surface area contributed by atoms with Crippen molar-refractivity contribution in [1.29, 1.82) is 0 Å². The first kappa shape index (κ1) is 28.7. The van der Waals surface area contributed by atoms with Crippen LogP contribution in [0.2, 0.25) is 0 Å². The van der Waals surface area contributed by atoms with Crippen molar-refractivity contribution in [3.63, 3.8) is 0 Å². The van der Waals surface area contributed by atoms with Crippen molar-refractivity contribution >= 4 is 23.8 Å². The van der Waals surface area contributed by atoms with Crippen molar-refractivity contribution in [3.05, 3.63) is 179 Å². The van der Waals surface area contributed by atoms with Crippen LogP contribution in [0.15, 0.2) is 152 Å². The van der Waals surface area contributed by atoms with E-state index in [0.717, 1.165) is 27.8 Å². The number of hydrogen-bond donors (Lipinski definition) is 2. The Morgan fingerprint density at radius 3 is 1.33 bits per heavy atom. The van der Waals surface area contributed by atoms with Crippen LogP contribution in [-0.4, -0.2) is 29.0 Å².